The van der Waals surface area contributed by atoms with Crippen molar-refractivity contribution in [1.29, 1.82) is 0 Å². The largest absolute Gasteiger partial charge is 0.389 e. The van der Waals surface area contributed by atoms with Crippen LogP contribution in [0.3, 0.4) is 0 Å². The Morgan fingerprint density at radius 2 is 1.95 bits per heavy atom. The molecule has 20 heavy (non-hydrogen) atoms. The average Bonchev–Trinajstić information content (AvgIpc) is 2.42. The number of aryl methyl sites for hydroxylation is 1. The highest BCUT2D eigenvalue weighted by Crippen LogP contribution is 2.23. The molecule has 2 aromatic carbocycles. The van der Waals surface area contributed by atoms with Gasteiger partial charge in [0.2, 0.25) is 0 Å². The van der Waals surface area contributed by atoms with Crippen molar-refractivity contribution in [1.82, 2.24) is 0 Å². The maximum atomic E-state index is 13.5. The number of carbonyl (C=O) groups excluding carboxylic acids is 1. The van der Waals surface area contributed by atoms with E-state index < -0.39 is 17.8 Å². The number of halogens is 1. The molecule has 0 aliphatic heterocycles. The molecule has 2 aromatic rings. The Morgan fingerprint density at radius 1 is 1.25 bits per heavy atom. The van der Waals surface area contributed by atoms with E-state index in [9.17, 15) is 14.3 Å². The first-order valence-electron chi connectivity index (χ1n) is 6.33. The molecule has 2 rings (SSSR count). The van der Waals surface area contributed by atoms with Crippen molar-refractivity contribution < 1.29 is 14.3 Å². The summed E-state index contributed by atoms with van der Waals surface area (Å²) < 4.78 is 13.5. The normalized spacial score (nSPS) is 12.0. The molecule has 0 saturated heterocycles. The SMILES string of the molecule is Cc1ccc(C(=O)Nc2ccccc2C(C)O)cc1F. The van der Waals surface area contributed by atoms with E-state index in [2.05, 4.69) is 5.32 Å². The summed E-state index contributed by atoms with van der Waals surface area (Å²) in [5.74, 6) is -0.821. The zero-order valence-corrected chi connectivity index (χ0v) is 11.4. The van der Waals surface area contributed by atoms with Gasteiger partial charge in [0, 0.05) is 16.8 Å². The van der Waals surface area contributed by atoms with E-state index in [0.717, 1.165) is 0 Å². The average molecular weight is 273 g/mol. The third kappa shape index (κ3) is 3.03. The molecule has 3 nitrogen and oxygen atoms in total. The van der Waals surface area contributed by atoms with Crippen molar-refractivity contribution in [3.63, 3.8) is 0 Å². The summed E-state index contributed by atoms with van der Waals surface area (Å²) in [4.78, 5) is 12.1. The highest BCUT2D eigenvalue weighted by atomic mass is 19.1. The number of nitrogens with one attached hydrogen (secondary N) is 1. The fourth-order valence-electron chi connectivity index (χ4n) is 1.90. The number of aliphatic hydroxyl groups is 1. The Kier molecular flexibility index (Phi) is 4.15. The van der Waals surface area contributed by atoms with E-state index in [0.29, 0.717) is 16.8 Å². The lowest BCUT2D eigenvalue weighted by atomic mass is 10.1. The molecule has 0 aromatic heterocycles. The number of anilines is 1. The Bertz CT molecular complexity index is 638. The van der Waals surface area contributed by atoms with Crippen molar-refractivity contribution in [2.75, 3.05) is 5.32 Å². The third-order valence-corrected chi connectivity index (χ3v) is 3.09. The lowest BCUT2D eigenvalue weighted by molar-refractivity contribution is 0.102. The van der Waals surface area contributed by atoms with Gasteiger partial charge in [-0.05, 0) is 37.6 Å². The Labute approximate surface area is 117 Å². The van der Waals surface area contributed by atoms with E-state index in [1.165, 1.54) is 6.07 Å². The minimum Gasteiger partial charge on any atom is -0.389 e. The van der Waals surface area contributed by atoms with Crippen molar-refractivity contribution in [3.05, 3.63) is 65.0 Å². The molecule has 0 aliphatic rings. The minimum absolute atomic E-state index is 0.244. The molecule has 0 bridgehead atoms. The van der Waals surface area contributed by atoms with E-state index in [-0.39, 0.29) is 5.56 Å². The number of amides is 1. The number of para-hydroxylation sites is 1. The molecule has 0 spiro atoms. The molecule has 1 amide bonds. The first-order valence-corrected chi connectivity index (χ1v) is 6.33. The number of carbonyl (C=O) groups is 1. The smallest absolute Gasteiger partial charge is 0.255 e. The topological polar surface area (TPSA) is 49.3 Å². The summed E-state index contributed by atoms with van der Waals surface area (Å²) in [5.41, 5.74) is 1.88. The van der Waals surface area contributed by atoms with Crippen LogP contribution >= 0.6 is 0 Å². The molecule has 4 heteroatoms. The molecule has 0 radical (unpaired) electrons. The van der Waals surface area contributed by atoms with Crippen molar-refractivity contribution in [2.24, 2.45) is 0 Å². The molecule has 0 aliphatic carbocycles. The fourth-order valence-corrected chi connectivity index (χ4v) is 1.90. The zero-order chi connectivity index (χ0) is 14.7. The maximum absolute atomic E-state index is 13.5. The van der Waals surface area contributed by atoms with Gasteiger partial charge in [0.05, 0.1) is 6.10 Å². The summed E-state index contributed by atoms with van der Waals surface area (Å²) in [6.07, 6.45) is -0.693. The second-order valence-electron chi connectivity index (χ2n) is 4.68. The van der Waals surface area contributed by atoms with Crippen LogP contribution in [0.5, 0.6) is 0 Å². The zero-order valence-electron chi connectivity index (χ0n) is 11.4. The monoisotopic (exact) mass is 273 g/mol. The Hall–Kier alpha value is -2.20. The van der Waals surface area contributed by atoms with Crippen molar-refractivity contribution in [3.8, 4) is 0 Å². The first-order chi connectivity index (χ1) is 9.49. The van der Waals surface area contributed by atoms with Crippen LogP contribution in [0.25, 0.3) is 0 Å². The quantitative estimate of drug-likeness (QED) is 0.900. The standard InChI is InChI=1S/C16H16FNO2/c1-10-7-8-12(9-14(10)17)16(20)18-15-6-4-3-5-13(15)11(2)19/h3-9,11,19H,1-2H3,(H,18,20). The van der Waals surface area contributed by atoms with Crippen LogP contribution in [0.15, 0.2) is 42.5 Å². The van der Waals surface area contributed by atoms with Crippen LogP contribution in [-0.2, 0) is 0 Å². The molecule has 0 fully saturated rings. The second kappa shape index (κ2) is 5.84. The second-order valence-corrected chi connectivity index (χ2v) is 4.68. The number of hydrogen-bond acceptors (Lipinski definition) is 2. The molecular formula is C16H16FNO2. The number of hydrogen-bond donors (Lipinski definition) is 2. The molecule has 104 valence electrons. The number of benzene rings is 2. The Balaban J connectivity index is 2.26. The Morgan fingerprint density at radius 3 is 2.60 bits per heavy atom. The molecule has 1 atom stereocenters. The van der Waals surface area contributed by atoms with Gasteiger partial charge in [-0.3, -0.25) is 4.79 Å². The molecule has 0 heterocycles. The molecule has 1 unspecified atom stereocenters. The molecular weight excluding hydrogens is 257 g/mol. The predicted octanol–water partition coefficient (Wildman–Crippen LogP) is 3.44. The minimum atomic E-state index is -0.693. The number of aliphatic hydroxyl groups excluding tert-OH is 1. The highest BCUT2D eigenvalue weighted by molar-refractivity contribution is 6.04. The number of rotatable bonds is 3. The van der Waals surface area contributed by atoms with Crippen LogP contribution in [0, 0.1) is 12.7 Å². The van der Waals surface area contributed by atoms with Crippen LogP contribution in [-0.4, -0.2) is 11.0 Å². The van der Waals surface area contributed by atoms with Gasteiger partial charge in [-0.15, -0.1) is 0 Å². The molecule has 2 N–H and O–H groups in total. The van der Waals surface area contributed by atoms with Gasteiger partial charge in [-0.25, -0.2) is 4.39 Å². The summed E-state index contributed by atoms with van der Waals surface area (Å²) in [7, 11) is 0. The van der Waals surface area contributed by atoms with Crippen molar-refractivity contribution >= 4 is 11.6 Å². The summed E-state index contributed by atoms with van der Waals surface area (Å²) >= 11 is 0. The van der Waals surface area contributed by atoms with Crippen LogP contribution < -0.4 is 5.32 Å². The van der Waals surface area contributed by atoms with Crippen LogP contribution in [0.1, 0.15) is 34.5 Å². The maximum Gasteiger partial charge on any atom is 0.255 e. The van der Waals surface area contributed by atoms with Gasteiger partial charge in [0.15, 0.2) is 0 Å². The summed E-state index contributed by atoms with van der Waals surface area (Å²) in [5, 5.41) is 12.3. The van der Waals surface area contributed by atoms with Crippen LogP contribution in [0.4, 0.5) is 10.1 Å². The van der Waals surface area contributed by atoms with E-state index in [1.54, 1.807) is 50.2 Å². The predicted molar refractivity (Wildman–Crippen MR) is 76.2 cm³/mol. The summed E-state index contributed by atoms with van der Waals surface area (Å²) in [6, 6.07) is 11.3. The third-order valence-electron chi connectivity index (χ3n) is 3.09. The van der Waals surface area contributed by atoms with Gasteiger partial charge in [-0.1, -0.05) is 24.3 Å². The lowest BCUT2D eigenvalue weighted by Gasteiger charge is -2.13. The summed E-state index contributed by atoms with van der Waals surface area (Å²) in [6.45, 7) is 3.26. The fraction of sp³-hybridized carbons (Fsp3) is 0.188. The van der Waals surface area contributed by atoms with E-state index in [4.69, 9.17) is 0 Å². The lowest BCUT2D eigenvalue weighted by Crippen LogP contribution is -2.14. The first kappa shape index (κ1) is 14.2. The highest BCUT2D eigenvalue weighted by Gasteiger charge is 2.12. The van der Waals surface area contributed by atoms with Gasteiger partial charge in [0.1, 0.15) is 5.82 Å². The molecule has 0 saturated carbocycles. The van der Waals surface area contributed by atoms with Gasteiger partial charge in [-0.2, -0.15) is 0 Å². The van der Waals surface area contributed by atoms with E-state index in [1.807, 2.05) is 0 Å². The van der Waals surface area contributed by atoms with Gasteiger partial charge >= 0.3 is 0 Å². The van der Waals surface area contributed by atoms with Gasteiger partial charge in [0.25, 0.3) is 5.91 Å². The van der Waals surface area contributed by atoms with Crippen molar-refractivity contribution in [2.45, 2.75) is 20.0 Å². The van der Waals surface area contributed by atoms with Crippen LogP contribution in [0.2, 0.25) is 0 Å². The van der Waals surface area contributed by atoms with E-state index >= 15 is 0 Å². The van der Waals surface area contributed by atoms with Gasteiger partial charge < -0.3 is 10.4 Å².